The Morgan fingerprint density at radius 2 is 1.90 bits per heavy atom. The topological polar surface area (TPSA) is 72.8 Å². The molecule has 7 heteroatoms. The summed E-state index contributed by atoms with van der Waals surface area (Å²) < 4.78 is 44.5. The van der Waals surface area contributed by atoms with Gasteiger partial charge in [0.05, 0.1) is 12.2 Å². The second-order valence-electron chi connectivity index (χ2n) is 10.6. The smallest absolute Gasteiger partial charge is 0.178 e. The van der Waals surface area contributed by atoms with Crippen molar-refractivity contribution in [1.29, 1.82) is 0 Å². The molecule has 164 valence electrons. The van der Waals surface area contributed by atoms with Crippen molar-refractivity contribution in [1.82, 2.24) is 0 Å². The molecule has 0 radical (unpaired) electrons. The van der Waals surface area contributed by atoms with Crippen LogP contribution in [-0.4, -0.2) is 52.6 Å². The number of aliphatic hydroxyl groups is 1. The molecule has 4 fully saturated rings. The van der Waals surface area contributed by atoms with Crippen LogP contribution in [0, 0.1) is 22.7 Å². The highest BCUT2D eigenvalue weighted by molar-refractivity contribution is 6.01. The summed E-state index contributed by atoms with van der Waals surface area (Å²) in [7, 11) is 0. The molecule has 1 saturated heterocycles. The Balaban J connectivity index is 1.65. The summed E-state index contributed by atoms with van der Waals surface area (Å²) in [5, 5.41) is 11.2. The third-order valence-corrected chi connectivity index (χ3v) is 8.87. The molecule has 5 rings (SSSR count). The van der Waals surface area contributed by atoms with Gasteiger partial charge in [-0.05, 0) is 63.7 Å². The standard InChI is InChI=1S/C23H28F2O5/c1-19(2)29-18-9-13-14-8-16(24)15-7-12(27)5-6-20(15,3)23(14,25)17(28)10-21(13,4)22(18,11-26)30-19/h5-7,11,13-14,16-18,28H,8-10H2,1-4H3/t13-,14-,16-,17-,18+,20-,21-,22+,23-/m0/s1. The van der Waals surface area contributed by atoms with Crippen LogP contribution in [-0.2, 0) is 19.1 Å². The van der Waals surface area contributed by atoms with Gasteiger partial charge < -0.3 is 14.6 Å². The van der Waals surface area contributed by atoms with E-state index in [0.29, 0.717) is 6.42 Å². The number of ether oxygens (including phenoxy) is 2. The van der Waals surface area contributed by atoms with Crippen LogP contribution in [0.1, 0.15) is 47.0 Å². The predicted molar refractivity (Wildman–Crippen MR) is 103 cm³/mol. The molecule has 0 aromatic rings. The number of aldehydes is 1. The lowest BCUT2D eigenvalue weighted by atomic mass is 9.44. The van der Waals surface area contributed by atoms with Gasteiger partial charge in [0.25, 0.3) is 0 Å². The van der Waals surface area contributed by atoms with E-state index in [1.54, 1.807) is 20.8 Å². The number of carbonyl (C=O) groups is 2. The first-order valence-electron chi connectivity index (χ1n) is 10.7. The molecule has 0 bridgehead atoms. The van der Waals surface area contributed by atoms with Crippen LogP contribution in [0.3, 0.4) is 0 Å². The molecule has 9 atom stereocenters. The van der Waals surface area contributed by atoms with Crippen LogP contribution in [0.2, 0.25) is 0 Å². The Labute approximate surface area is 174 Å². The molecule has 0 aromatic heterocycles. The minimum atomic E-state index is -2.17. The van der Waals surface area contributed by atoms with Crippen LogP contribution >= 0.6 is 0 Å². The summed E-state index contributed by atoms with van der Waals surface area (Å²) in [4.78, 5) is 24.3. The second kappa shape index (κ2) is 5.67. The zero-order valence-electron chi connectivity index (χ0n) is 17.7. The number of hydrogen-bond acceptors (Lipinski definition) is 5. The van der Waals surface area contributed by atoms with Gasteiger partial charge in [0, 0.05) is 16.7 Å². The summed E-state index contributed by atoms with van der Waals surface area (Å²) in [6, 6.07) is 0. The first kappa shape index (κ1) is 20.5. The lowest BCUT2D eigenvalue weighted by molar-refractivity contribution is -0.245. The summed E-state index contributed by atoms with van der Waals surface area (Å²) >= 11 is 0. The molecule has 4 aliphatic carbocycles. The van der Waals surface area contributed by atoms with Crippen LogP contribution in [0.25, 0.3) is 0 Å². The fourth-order valence-corrected chi connectivity index (χ4v) is 7.54. The predicted octanol–water partition coefficient (Wildman–Crippen LogP) is 3.00. The summed E-state index contributed by atoms with van der Waals surface area (Å²) in [6.07, 6.45) is 1.24. The molecule has 5 nitrogen and oxygen atoms in total. The van der Waals surface area contributed by atoms with E-state index in [2.05, 4.69) is 0 Å². The number of alkyl halides is 2. The second-order valence-corrected chi connectivity index (χ2v) is 10.6. The Kier molecular flexibility index (Phi) is 3.87. The van der Waals surface area contributed by atoms with Gasteiger partial charge in [0.15, 0.2) is 29.1 Å². The van der Waals surface area contributed by atoms with Crippen LogP contribution in [0.4, 0.5) is 8.78 Å². The van der Waals surface area contributed by atoms with Crippen molar-refractivity contribution in [2.45, 2.75) is 82.4 Å². The van der Waals surface area contributed by atoms with Gasteiger partial charge in [-0.3, -0.25) is 9.59 Å². The molecular weight excluding hydrogens is 394 g/mol. The van der Waals surface area contributed by atoms with Gasteiger partial charge in [-0.25, -0.2) is 8.78 Å². The van der Waals surface area contributed by atoms with E-state index in [1.807, 2.05) is 6.92 Å². The molecule has 1 aliphatic heterocycles. The van der Waals surface area contributed by atoms with E-state index in [-0.39, 0.29) is 24.2 Å². The van der Waals surface area contributed by atoms with E-state index >= 15 is 8.78 Å². The number of hydrogen-bond donors (Lipinski definition) is 1. The van der Waals surface area contributed by atoms with E-state index < -0.39 is 58.1 Å². The SMILES string of the molecule is CC1(C)O[C@@H]2C[C@H]3[C@@H]4C[C@H](F)C5=CC(=O)C=C[C@]5(C)[C@@]4(F)[C@@H](O)C[C@]3(C)[C@]2(C=O)O1. The van der Waals surface area contributed by atoms with E-state index in [1.165, 1.54) is 18.2 Å². The van der Waals surface area contributed by atoms with E-state index in [0.717, 1.165) is 6.29 Å². The quantitative estimate of drug-likeness (QED) is 0.658. The van der Waals surface area contributed by atoms with Crippen molar-refractivity contribution in [2.24, 2.45) is 22.7 Å². The minimum Gasteiger partial charge on any atom is -0.390 e. The summed E-state index contributed by atoms with van der Waals surface area (Å²) in [5.74, 6) is -2.61. The maximum absolute atomic E-state index is 17.0. The minimum absolute atomic E-state index is 0.0129. The van der Waals surface area contributed by atoms with Crippen molar-refractivity contribution in [2.75, 3.05) is 0 Å². The Hall–Kier alpha value is -1.44. The van der Waals surface area contributed by atoms with Crippen LogP contribution in [0.5, 0.6) is 0 Å². The molecule has 0 unspecified atom stereocenters. The average Bonchev–Trinajstić information content (AvgIpc) is 3.05. The molecule has 5 aliphatic rings. The highest BCUT2D eigenvalue weighted by Gasteiger charge is 2.79. The number of carbonyl (C=O) groups excluding carboxylic acids is 2. The highest BCUT2D eigenvalue weighted by atomic mass is 19.1. The highest BCUT2D eigenvalue weighted by Crippen LogP contribution is 2.72. The van der Waals surface area contributed by atoms with Gasteiger partial charge in [-0.15, -0.1) is 0 Å². The molecule has 30 heavy (non-hydrogen) atoms. The van der Waals surface area contributed by atoms with Gasteiger partial charge in [-0.1, -0.05) is 13.0 Å². The Morgan fingerprint density at radius 3 is 2.57 bits per heavy atom. The number of halogens is 2. The average molecular weight is 422 g/mol. The first-order chi connectivity index (χ1) is 13.8. The fourth-order valence-electron chi connectivity index (χ4n) is 7.54. The van der Waals surface area contributed by atoms with Crippen LogP contribution in [0.15, 0.2) is 23.8 Å². The Bertz CT molecular complexity index is 898. The van der Waals surface area contributed by atoms with Gasteiger partial charge in [0.2, 0.25) is 0 Å². The maximum Gasteiger partial charge on any atom is 0.178 e. The molecule has 0 aromatic carbocycles. The normalized spacial score (nSPS) is 55.9. The summed E-state index contributed by atoms with van der Waals surface area (Å²) in [6.45, 7) is 6.86. The largest absolute Gasteiger partial charge is 0.390 e. The van der Waals surface area contributed by atoms with E-state index in [9.17, 15) is 14.7 Å². The van der Waals surface area contributed by atoms with Crippen molar-refractivity contribution in [3.8, 4) is 0 Å². The molecule has 0 spiro atoms. The molecule has 1 heterocycles. The molecule has 0 amide bonds. The lowest BCUT2D eigenvalue weighted by Gasteiger charge is -2.63. The monoisotopic (exact) mass is 422 g/mol. The Morgan fingerprint density at radius 1 is 1.20 bits per heavy atom. The number of fused-ring (bicyclic) bond motifs is 7. The van der Waals surface area contributed by atoms with Crippen molar-refractivity contribution in [3.63, 3.8) is 0 Å². The van der Waals surface area contributed by atoms with Crippen molar-refractivity contribution >= 4 is 12.1 Å². The number of rotatable bonds is 1. The summed E-state index contributed by atoms with van der Waals surface area (Å²) in [5.41, 5.74) is -5.73. The zero-order valence-corrected chi connectivity index (χ0v) is 17.7. The fraction of sp³-hybridized carbons (Fsp3) is 0.739. The first-order valence-corrected chi connectivity index (χ1v) is 10.7. The number of allylic oxidation sites excluding steroid dienone is 4. The number of ketones is 1. The van der Waals surface area contributed by atoms with Gasteiger partial charge in [-0.2, -0.15) is 0 Å². The maximum atomic E-state index is 17.0. The van der Waals surface area contributed by atoms with E-state index in [4.69, 9.17) is 9.47 Å². The molecule has 3 saturated carbocycles. The van der Waals surface area contributed by atoms with Crippen LogP contribution < -0.4 is 0 Å². The third kappa shape index (κ3) is 2.07. The lowest BCUT2D eigenvalue weighted by Crippen LogP contribution is -2.70. The number of aliphatic hydroxyl groups excluding tert-OH is 1. The molecular formula is C23H28F2O5. The van der Waals surface area contributed by atoms with Gasteiger partial charge in [0.1, 0.15) is 6.17 Å². The molecule has 1 N–H and O–H groups in total. The third-order valence-electron chi connectivity index (χ3n) is 8.87. The zero-order chi connectivity index (χ0) is 21.9. The van der Waals surface area contributed by atoms with Gasteiger partial charge >= 0.3 is 0 Å². The van der Waals surface area contributed by atoms with Crippen molar-refractivity contribution in [3.05, 3.63) is 23.8 Å². The van der Waals surface area contributed by atoms with Crippen molar-refractivity contribution < 1.29 is 33.0 Å².